The number of nitrogen functional groups attached to an aromatic ring is 1. The van der Waals surface area contributed by atoms with Crippen molar-refractivity contribution in [1.82, 2.24) is 9.55 Å². The molecule has 1 aromatic heterocycles. The van der Waals surface area contributed by atoms with Gasteiger partial charge in [-0.05, 0) is 30.9 Å². The Morgan fingerprint density at radius 3 is 2.33 bits per heavy atom. The minimum Gasteiger partial charge on any atom is -0.369 e. The first-order valence-electron chi connectivity index (χ1n) is 7.38. The summed E-state index contributed by atoms with van der Waals surface area (Å²) in [6.45, 7) is 4.16. The van der Waals surface area contributed by atoms with Gasteiger partial charge in [-0.1, -0.05) is 24.3 Å². The average Bonchev–Trinajstić information content (AvgIpc) is 2.69. The van der Waals surface area contributed by atoms with Crippen LogP contribution < -0.4 is 16.2 Å². The number of nitrogens with two attached hydrogens (primary N) is 1. The molecule has 110 valence electrons. The van der Waals surface area contributed by atoms with Crippen molar-refractivity contribution in [2.75, 3.05) is 23.7 Å². The number of hydrogen-bond donors (Lipinski definition) is 1. The molecule has 0 atom stereocenters. The highest BCUT2D eigenvalue weighted by Gasteiger charge is 2.16. The van der Waals surface area contributed by atoms with E-state index >= 15 is 0 Å². The van der Waals surface area contributed by atoms with Crippen LogP contribution in [0, 0.1) is 0 Å². The first kappa shape index (κ1) is 13.7. The molecule has 2 heterocycles. The molecule has 0 saturated carbocycles. The van der Waals surface area contributed by atoms with Crippen molar-refractivity contribution in [1.29, 1.82) is 0 Å². The van der Waals surface area contributed by atoms with Crippen molar-refractivity contribution in [2.45, 2.75) is 26.3 Å². The highest BCUT2D eigenvalue weighted by Crippen LogP contribution is 2.19. The summed E-state index contributed by atoms with van der Waals surface area (Å²) in [6, 6.07) is 10.1. The fourth-order valence-corrected chi connectivity index (χ4v) is 2.89. The third-order valence-electron chi connectivity index (χ3n) is 4.08. The van der Waals surface area contributed by atoms with Gasteiger partial charge in [0, 0.05) is 25.7 Å². The summed E-state index contributed by atoms with van der Waals surface area (Å²) in [5.41, 5.74) is 8.57. The zero-order valence-corrected chi connectivity index (χ0v) is 12.2. The number of hydrogen-bond acceptors (Lipinski definition) is 4. The number of benzene rings is 1. The second-order valence-corrected chi connectivity index (χ2v) is 5.31. The maximum atomic E-state index is 12.1. The molecule has 0 saturated heterocycles. The second kappa shape index (κ2) is 5.60. The highest BCUT2D eigenvalue weighted by atomic mass is 16.1. The molecule has 0 spiro atoms. The number of aromatic nitrogens is 2. The molecule has 0 radical (unpaired) electrons. The van der Waals surface area contributed by atoms with Gasteiger partial charge in [0.25, 0.3) is 5.56 Å². The van der Waals surface area contributed by atoms with Gasteiger partial charge in [0.2, 0.25) is 5.95 Å². The van der Waals surface area contributed by atoms with E-state index in [4.69, 9.17) is 5.73 Å². The molecule has 3 rings (SSSR count). The van der Waals surface area contributed by atoms with Crippen molar-refractivity contribution in [2.24, 2.45) is 0 Å². The van der Waals surface area contributed by atoms with Gasteiger partial charge < -0.3 is 10.6 Å². The molecule has 1 aliphatic rings. The Labute approximate surface area is 124 Å². The van der Waals surface area contributed by atoms with E-state index in [1.54, 1.807) is 6.07 Å². The van der Waals surface area contributed by atoms with E-state index in [1.165, 1.54) is 15.7 Å². The van der Waals surface area contributed by atoms with Crippen molar-refractivity contribution < 1.29 is 0 Å². The molecule has 2 aromatic rings. The van der Waals surface area contributed by atoms with Gasteiger partial charge >= 0.3 is 0 Å². The molecule has 5 nitrogen and oxygen atoms in total. The van der Waals surface area contributed by atoms with Gasteiger partial charge in [0.05, 0.1) is 0 Å². The Morgan fingerprint density at radius 2 is 1.81 bits per heavy atom. The maximum absolute atomic E-state index is 12.1. The standard InChI is InChI=1S/C16H20N4O/c1-2-20-15(21)11-14(18-16(20)17)19-9-7-12-5-3-4-6-13(12)8-10-19/h3-6,11H,2,7-10H2,1H3,(H2,17,18). The van der Waals surface area contributed by atoms with Crippen LogP contribution in [0.1, 0.15) is 18.1 Å². The zero-order valence-electron chi connectivity index (χ0n) is 12.2. The lowest BCUT2D eigenvalue weighted by atomic mass is 10.0. The van der Waals surface area contributed by atoms with E-state index < -0.39 is 0 Å². The summed E-state index contributed by atoms with van der Waals surface area (Å²) >= 11 is 0. The molecule has 0 unspecified atom stereocenters. The van der Waals surface area contributed by atoms with E-state index in [9.17, 15) is 4.79 Å². The molecule has 2 N–H and O–H groups in total. The predicted octanol–water partition coefficient (Wildman–Crippen LogP) is 1.45. The van der Waals surface area contributed by atoms with Gasteiger partial charge in [-0.15, -0.1) is 0 Å². The van der Waals surface area contributed by atoms with Crippen molar-refractivity contribution in [3.63, 3.8) is 0 Å². The van der Waals surface area contributed by atoms with Crippen LogP contribution in [0.25, 0.3) is 0 Å². The van der Waals surface area contributed by atoms with Crippen LogP contribution in [-0.2, 0) is 19.4 Å². The van der Waals surface area contributed by atoms with Gasteiger partial charge in [0.1, 0.15) is 5.82 Å². The van der Waals surface area contributed by atoms with Crippen molar-refractivity contribution >= 4 is 11.8 Å². The fraction of sp³-hybridized carbons (Fsp3) is 0.375. The van der Waals surface area contributed by atoms with Gasteiger partial charge in [0.15, 0.2) is 0 Å². The van der Waals surface area contributed by atoms with E-state index in [-0.39, 0.29) is 5.56 Å². The largest absolute Gasteiger partial charge is 0.369 e. The first-order chi connectivity index (χ1) is 10.2. The van der Waals surface area contributed by atoms with Crippen molar-refractivity contribution in [3.8, 4) is 0 Å². The average molecular weight is 284 g/mol. The van der Waals surface area contributed by atoms with Crippen LogP contribution in [0.4, 0.5) is 11.8 Å². The number of nitrogens with zero attached hydrogens (tertiary/aromatic N) is 3. The topological polar surface area (TPSA) is 64.2 Å². The van der Waals surface area contributed by atoms with Gasteiger partial charge in [-0.3, -0.25) is 9.36 Å². The maximum Gasteiger partial charge on any atom is 0.256 e. The molecule has 0 aliphatic carbocycles. The van der Waals surface area contributed by atoms with Crippen LogP contribution >= 0.6 is 0 Å². The molecule has 1 aromatic carbocycles. The summed E-state index contributed by atoms with van der Waals surface area (Å²) in [5.74, 6) is 0.983. The minimum absolute atomic E-state index is 0.0817. The smallest absolute Gasteiger partial charge is 0.256 e. The zero-order chi connectivity index (χ0) is 14.8. The summed E-state index contributed by atoms with van der Waals surface area (Å²) < 4.78 is 1.48. The molecule has 0 bridgehead atoms. The molecule has 0 fully saturated rings. The van der Waals surface area contributed by atoms with E-state index in [2.05, 4.69) is 34.1 Å². The van der Waals surface area contributed by atoms with E-state index in [0.29, 0.717) is 18.3 Å². The lowest BCUT2D eigenvalue weighted by molar-refractivity contribution is 0.709. The number of fused-ring (bicyclic) bond motifs is 1. The second-order valence-electron chi connectivity index (χ2n) is 5.31. The molecular weight excluding hydrogens is 264 g/mol. The first-order valence-corrected chi connectivity index (χ1v) is 7.38. The molecule has 0 amide bonds. The summed E-state index contributed by atoms with van der Waals surface area (Å²) in [7, 11) is 0. The number of rotatable bonds is 2. The summed E-state index contributed by atoms with van der Waals surface area (Å²) in [5, 5.41) is 0. The van der Waals surface area contributed by atoms with Crippen LogP contribution in [0.2, 0.25) is 0 Å². The van der Waals surface area contributed by atoms with E-state index in [0.717, 1.165) is 25.9 Å². The Kier molecular flexibility index (Phi) is 3.64. The highest BCUT2D eigenvalue weighted by molar-refractivity contribution is 5.44. The van der Waals surface area contributed by atoms with Gasteiger partial charge in [-0.25, -0.2) is 0 Å². The fourth-order valence-electron chi connectivity index (χ4n) is 2.89. The SMILES string of the molecule is CCn1c(N)nc(N2CCc3ccccc3CC2)cc1=O. The van der Waals surface area contributed by atoms with Crippen LogP contribution in [0.3, 0.4) is 0 Å². The third kappa shape index (κ3) is 2.63. The van der Waals surface area contributed by atoms with Crippen LogP contribution in [-0.4, -0.2) is 22.6 Å². The quantitative estimate of drug-likeness (QED) is 0.906. The molecule has 21 heavy (non-hydrogen) atoms. The van der Waals surface area contributed by atoms with Crippen LogP contribution in [0.5, 0.6) is 0 Å². The Bertz CT molecular complexity index is 681. The predicted molar refractivity (Wildman–Crippen MR) is 84.6 cm³/mol. The van der Waals surface area contributed by atoms with Crippen LogP contribution in [0.15, 0.2) is 35.1 Å². The monoisotopic (exact) mass is 284 g/mol. The summed E-state index contributed by atoms with van der Waals surface area (Å²) in [4.78, 5) is 18.6. The number of anilines is 2. The Morgan fingerprint density at radius 1 is 1.19 bits per heavy atom. The van der Waals surface area contributed by atoms with Gasteiger partial charge in [-0.2, -0.15) is 4.98 Å². The molecule has 1 aliphatic heterocycles. The third-order valence-corrected chi connectivity index (χ3v) is 4.08. The van der Waals surface area contributed by atoms with E-state index in [1.807, 2.05) is 6.92 Å². The normalized spacial score (nSPS) is 14.6. The Hall–Kier alpha value is -2.30. The molecular formula is C16H20N4O. The Balaban J connectivity index is 1.88. The lowest BCUT2D eigenvalue weighted by Crippen LogP contribution is -2.31. The summed E-state index contributed by atoms with van der Waals surface area (Å²) in [6.07, 6.45) is 1.93. The minimum atomic E-state index is -0.0817. The lowest BCUT2D eigenvalue weighted by Gasteiger charge is -2.22. The van der Waals surface area contributed by atoms with Crippen molar-refractivity contribution in [3.05, 3.63) is 51.8 Å². The molecule has 5 heteroatoms.